The Morgan fingerprint density at radius 3 is 2.80 bits per heavy atom. The Kier molecular flexibility index (Phi) is 4.49. The van der Waals surface area contributed by atoms with Crippen LogP contribution in [0, 0.1) is 5.92 Å². The third kappa shape index (κ3) is 3.43. The molecular weight excluding hydrogens is 260 g/mol. The van der Waals surface area contributed by atoms with E-state index in [0.29, 0.717) is 12.4 Å². The highest BCUT2D eigenvalue weighted by Crippen LogP contribution is 2.28. The van der Waals surface area contributed by atoms with Crippen molar-refractivity contribution in [3.05, 3.63) is 17.8 Å². The van der Waals surface area contributed by atoms with Gasteiger partial charge in [0.1, 0.15) is 5.82 Å². The van der Waals surface area contributed by atoms with E-state index in [1.807, 2.05) is 0 Å². The third-order valence-corrected chi connectivity index (χ3v) is 3.32. The van der Waals surface area contributed by atoms with Gasteiger partial charge in [0.15, 0.2) is 5.69 Å². The zero-order chi connectivity index (χ0) is 14.5. The number of primary amides is 1. The monoisotopic (exact) mass is 278 g/mol. The van der Waals surface area contributed by atoms with Crippen LogP contribution < -0.4 is 11.1 Å². The standard InChI is InChI=1S/C13H18N4O3/c1-2-20-13(19)8-3-4-9(7-8)15-11-6-5-10(12(14)18)16-17-11/h5-6,8-9H,2-4,7H2,1H3,(H2,14,18)(H,15,17)/t8-,9-/m1/s1. The van der Waals surface area contributed by atoms with Crippen molar-refractivity contribution in [1.29, 1.82) is 0 Å². The molecule has 0 radical (unpaired) electrons. The summed E-state index contributed by atoms with van der Waals surface area (Å²) in [6.45, 7) is 2.21. The van der Waals surface area contributed by atoms with Crippen LogP contribution in [-0.4, -0.2) is 34.7 Å². The van der Waals surface area contributed by atoms with Crippen LogP contribution in [0.3, 0.4) is 0 Å². The summed E-state index contributed by atoms with van der Waals surface area (Å²) in [4.78, 5) is 22.5. The Hall–Kier alpha value is -2.18. The smallest absolute Gasteiger partial charge is 0.308 e. The molecule has 1 aliphatic rings. The van der Waals surface area contributed by atoms with E-state index in [1.165, 1.54) is 6.07 Å². The minimum Gasteiger partial charge on any atom is -0.466 e. The second-order valence-corrected chi connectivity index (χ2v) is 4.77. The molecule has 3 N–H and O–H groups in total. The van der Waals surface area contributed by atoms with Crippen molar-refractivity contribution in [2.45, 2.75) is 32.2 Å². The van der Waals surface area contributed by atoms with Crippen molar-refractivity contribution >= 4 is 17.7 Å². The number of nitrogens with one attached hydrogen (secondary N) is 1. The molecule has 1 aliphatic carbocycles. The Labute approximate surface area is 116 Å². The molecule has 2 atom stereocenters. The van der Waals surface area contributed by atoms with E-state index in [0.717, 1.165) is 19.3 Å². The van der Waals surface area contributed by atoms with Gasteiger partial charge >= 0.3 is 5.97 Å². The molecule has 0 spiro atoms. The van der Waals surface area contributed by atoms with Gasteiger partial charge in [-0.2, -0.15) is 0 Å². The van der Waals surface area contributed by atoms with Crippen LogP contribution in [0.1, 0.15) is 36.7 Å². The molecule has 1 aromatic heterocycles. The maximum absolute atomic E-state index is 11.6. The van der Waals surface area contributed by atoms with Crippen LogP contribution in [0.4, 0.5) is 5.82 Å². The first kappa shape index (κ1) is 14.2. The summed E-state index contributed by atoms with van der Waals surface area (Å²) >= 11 is 0. The summed E-state index contributed by atoms with van der Waals surface area (Å²) in [6.07, 6.45) is 2.41. The van der Waals surface area contributed by atoms with Gasteiger partial charge in [0.25, 0.3) is 5.91 Å². The normalized spacial score (nSPS) is 21.4. The number of hydrogen-bond acceptors (Lipinski definition) is 6. The molecule has 0 aliphatic heterocycles. The number of anilines is 1. The van der Waals surface area contributed by atoms with E-state index in [4.69, 9.17) is 10.5 Å². The summed E-state index contributed by atoms with van der Waals surface area (Å²) in [6, 6.07) is 3.35. The van der Waals surface area contributed by atoms with E-state index < -0.39 is 5.91 Å². The molecule has 2 rings (SSSR count). The summed E-state index contributed by atoms with van der Waals surface area (Å²) in [5, 5.41) is 10.8. The first-order chi connectivity index (χ1) is 9.60. The van der Waals surface area contributed by atoms with Crippen LogP contribution >= 0.6 is 0 Å². The molecule has 20 heavy (non-hydrogen) atoms. The quantitative estimate of drug-likeness (QED) is 0.768. The fourth-order valence-electron chi connectivity index (χ4n) is 2.34. The molecule has 1 amide bonds. The average Bonchev–Trinajstić information content (AvgIpc) is 2.88. The molecule has 1 fully saturated rings. The van der Waals surface area contributed by atoms with Crippen LogP contribution in [0.25, 0.3) is 0 Å². The molecule has 0 unspecified atom stereocenters. The minimum absolute atomic E-state index is 0.0506. The number of carbonyl (C=O) groups excluding carboxylic acids is 2. The van der Waals surface area contributed by atoms with E-state index in [-0.39, 0.29) is 23.6 Å². The molecular formula is C13H18N4O3. The molecule has 0 bridgehead atoms. The first-order valence-electron chi connectivity index (χ1n) is 6.67. The Balaban J connectivity index is 1.88. The fraction of sp³-hybridized carbons (Fsp3) is 0.538. The van der Waals surface area contributed by atoms with Crippen LogP contribution in [0.2, 0.25) is 0 Å². The highest BCUT2D eigenvalue weighted by Gasteiger charge is 2.31. The van der Waals surface area contributed by atoms with Gasteiger partial charge in [-0.1, -0.05) is 0 Å². The molecule has 1 heterocycles. The van der Waals surface area contributed by atoms with Gasteiger partial charge in [0.05, 0.1) is 12.5 Å². The summed E-state index contributed by atoms with van der Waals surface area (Å²) < 4.78 is 5.02. The predicted molar refractivity (Wildman–Crippen MR) is 71.9 cm³/mol. The number of rotatable bonds is 5. The van der Waals surface area contributed by atoms with Gasteiger partial charge in [-0.3, -0.25) is 9.59 Å². The summed E-state index contributed by atoms with van der Waals surface area (Å²) in [7, 11) is 0. The lowest BCUT2D eigenvalue weighted by Crippen LogP contribution is -2.21. The van der Waals surface area contributed by atoms with Gasteiger partial charge in [-0.05, 0) is 38.3 Å². The van der Waals surface area contributed by atoms with Crippen LogP contribution in [0.5, 0.6) is 0 Å². The van der Waals surface area contributed by atoms with Gasteiger partial charge in [-0.15, -0.1) is 10.2 Å². The molecule has 108 valence electrons. The summed E-state index contributed by atoms with van der Waals surface area (Å²) in [5.41, 5.74) is 5.23. The van der Waals surface area contributed by atoms with Gasteiger partial charge in [0, 0.05) is 6.04 Å². The molecule has 0 saturated heterocycles. The zero-order valence-corrected chi connectivity index (χ0v) is 11.3. The Bertz CT molecular complexity index is 489. The van der Waals surface area contributed by atoms with Crippen molar-refractivity contribution < 1.29 is 14.3 Å². The second-order valence-electron chi connectivity index (χ2n) is 4.77. The fourth-order valence-corrected chi connectivity index (χ4v) is 2.34. The van der Waals surface area contributed by atoms with Crippen molar-refractivity contribution in [3.8, 4) is 0 Å². The Morgan fingerprint density at radius 2 is 2.20 bits per heavy atom. The number of amides is 1. The van der Waals surface area contributed by atoms with Gasteiger partial charge in [-0.25, -0.2) is 0 Å². The van der Waals surface area contributed by atoms with Gasteiger partial charge in [0.2, 0.25) is 0 Å². The number of hydrogen-bond donors (Lipinski definition) is 2. The largest absolute Gasteiger partial charge is 0.466 e. The van der Waals surface area contributed by atoms with Crippen molar-refractivity contribution in [3.63, 3.8) is 0 Å². The number of nitrogens with zero attached hydrogens (tertiary/aromatic N) is 2. The number of carbonyl (C=O) groups is 2. The average molecular weight is 278 g/mol. The van der Waals surface area contributed by atoms with Crippen molar-refractivity contribution in [2.24, 2.45) is 11.7 Å². The van der Waals surface area contributed by atoms with E-state index in [2.05, 4.69) is 15.5 Å². The lowest BCUT2D eigenvalue weighted by Gasteiger charge is -2.13. The highest BCUT2D eigenvalue weighted by molar-refractivity contribution is 5.90. The Morgan fingerprint density at radius 1 is 1.40 bits per heavy atom. The van der Waals surface area contributed by atoms with E-state index in [9.17, 15) is 9.59 Å². The summed E-state index contributed by atoms with van der Waals surface area (Å²) in [5.74, 6) is -0.214. The van der Waals surface area contributed by atoms with Gasteiger partial charge < -0.3 is 15.8 Å². The first-order valence-corrected chi connectivity index (χ1v) is 6.67. The zero-order valence-electron chi connectivity index (χ0n) is 11.3. The minimum atomic E-state index is -0.604. The number of aromatic nitrogens is 2. The second kappa shape index (κ2) is 6.31. The third-order valence-electron chi connectivity index (χ3n) is 3.32. The van der Waals surface area contributed by atoms with E-state index in [1.54, 1.807) is 13.0 Å². The number of nitrogens with two attached hydrogens (primary N) is 1. The van der Waals surface area contributed by atoms with Crippen LogP contribution in [0.15, 0.2) is 12.1 Å². The highest BCUT2D eigenvalue weighted by atomic mass is 16.5. The maximum atomic E-state index is 11.6. The molecule has 0 aromatic carbocycles. The molecule has 1 saturated carbocycles. The predicted octanol–water partition coefficient (Wildman–Crippen LogP) is 0.719. The van der Waals surface area contributed by atoms with E-state index >= 15 is 0 Å². The topological polar surface area (TPSA) is 107 Å². The lowest BCUT2D eigenvalue weighted by atomic mass is 10.1. The molecule has 1 aromatic rings. The molecule has 7 heteroatoms. The van der Waals surface area contributed by atoms with Crippen LogP contribution in [-0.2, 0) is 9.53 Å². The molecule has 7 nitrogen and oxygen atoms in total. The number of ether oxygens (including phenoxy) is 1. The van der Waals surface area contributed by atoms with Crippen molar-refractivity contribution in [2.75, 3.05) is 11.9 Å². The lowest BCUT2D eigenvalue weighted by molar-refractivity contribution is -0.147. The maximum Gasteiger partial charge on any atom is 0.308 e. The SMILES string of the molecule is CCOC(=O)[C@@H]1CC[C@@H](Nc2ccc(C(N)=O)nn2)C1. The van der Waals surface area contributed by atoms with Crippen molar-refractivity contribution in [1.82, 2.24) is 10.2 Å². The number of esters is 1.